The number of allylic oxidation sites excluding steroid dienone is 4. The number of hydrogen-bond donors (Lipinski definition) is 0. The fraction of sp³-hybridized carbons (Fsp3) is 0.333. The van der Waals surface area contributed by atoms with Gasteiger partial charge in [-0.25, -0.2) is 0 Å². The van der Waals surface area contributed by atoms with Crippen LogP contribution in [0.25, 0.3) is 16.7 Å². The van der Waals surface area contributed by atoms with E-state index in [2.05, 4.69) is 74.3 Å². The summed E-state index contributed by atoms with van der Waals surface area (Å²) in [6.07, 6.45) is 7.99. The van der Waals surface area contributed by atoms with Crippen LogP contribution in [0.15, 0.2) is 60.2 Å². The zero-order valence-electron chi connectivity index (χ0n) is 17.3. The summed E-state index contributed by atoms with van der Waals surface area (Å²) in [5.41, 5.74) is 10.5. The predicted molar refractivity (Wildman–Crippen MR) is 113 cm³/mol. The molecule has 1 unspecified atom stereocenters. The molecule has 1 nitrogen and oxygen atoms in total. The third-order valence-corrected chi connectivity index (χ3v) is 7.98. The predicted octanol–water partition coefficient (Wildman–Crippen LogP) is 0.656. The van der Waals surface area contributed by atoms with Crippen molar-refractivity contribution in [1.29, 1.82) is 0 Å². The Labute approximate surface area is 203 Å². The first-order valence-electron chi connectivity index (χ1n) is 9.92. The van der Waals surface area contributed by atoms with Crippen LogP contribution in [-0.4, -0.2) is 14.9 Å². The van der Waals surface area contributed by atoms with Crippen LogP contribution in [-0.2, 0) is 29.1 Å². The normalized spacial score (nSPS) is 16.9. The molecule has 0 bridgehead atoms. The summed E-state index contributed by atoms with van der Waals surface area (Å²) in [6, 6.07) is 15.9. The van der Waals surface area contributed by atoms with Crippen molar-refractivity contribution in [3.8, 4) is 11.1 Å². The minimum atomic E-state index is -1.41. The number of rotatable bonds is 6. The summed E-state index contributed by atoms with van der Waals surface area (Å²) in [5, 5.41) is 0. The van der Waals surface area contributed by atoms with Gasteiger partial charge in [-0.1, -0.05) is 0 Å². The second kappa shape index (κ2) is 10.2. The van der Waals surface area contributed by atoms with Gasteiger partial charge in [-0.05, 0) is 0 Å². The third kappa shape index (κ3) is 5.25. The molecule has 4 rings (SSSR count). The van der Waals surface area contributed by atoms with Gasteiger partial charge in [0.2, 0.25) is 0 Å². The second-order valence-corrected chi connectivity index (χ2v) is 14.4. The Hall–Kier alpha value is -0.440. The van der Waals surface area contributed by atoms with E-state index in [1.807, 2.05) is 0 Å². The molecule has 2 aliphatic rings. The van der Waals surface area contributed by atoms with E-state index in [1.165, 1.54) is 27.8 Å². The number of benzene rings is 2. The van der Waals surface area contributed by atoms with Gasteiger partial charge >= 0.3 is 180 Å². The summed E-state index contributed by atoms with van der Waals surface area (Å²) in [4.78, 5) is 0. The van der Waals surface area contributed by atoms with Crippen molar-refractivity contribution >= 4 is 13.9 Å². The number of halogens is 2. The molecule has 2 aromatic carbocycles. The Morgan fingerprint density at radius 1 is 0.966 bits per heavy atom. The molecule has 0 aliphatic heterocycles. The monoisotopic (exact) mass is 519 g/mol. The van der Waals surface area contributed by atoms with Crippen LogP contribution in [0.1, 0.15) is 39.6 Å². The van der Waals surface area contributed by atoms with E-state index in [1.54, 1.807) is 35.9 Å². The van der Waals surface area contributed by atoms with Gasteiger partial charge < -0.3 is 24.8 Å². The van der Waals surface area contributed by atoms with Crippen LogP contribution in [0.3, 0.4) is 0 Å². The van der Waals surface area contributed by atoms with Gasteiger partial charge in [-0.3, -0.25) is 0 Å². The third-order valence-electron chi connectivity index (χ3n) is 5.44. The maximum Gasteiger partial charge on any atom is -1.00 e. The van der Waals surface area contributed by atoms with E-state index in [-0.39, 0.29) is 24.8 Å². The zero-order chi connectivity index (χ0) is 19.0. The molecule has 29 heavy (non-hydrogen) atoms. The molecule has 151 valence electrons. The van der Waals surface area contributed by atoms with E-state index in [0.29, 0.717) is 3.63 Å². The summed E-state index contributed by atoms with van der Waals surface area (Å²) in [6.45, 7) is 7.69. The van der Waals surface area contributed by atoms with Crippen LogP contribution in [0.2, 0.25) is 19.6 Å². The summed E-state index contributed by atoms with van der Waals surface area (Å²) in [5.74, 6) is 0. The summed E-state index contributed by atoms with van der Waals surface area (Å²) in [7, 11) is -1.41. The Bertz CT molecular complexity index is 931. The fourth-order valence-electron chi connectivity index (χ4n) is 4.23. The largest absolute Gasteiger partial charge is 1.00 e. The average Bonchev–Trinajstić information content (AvgIpc) is 3.22. The van der Waals surface area contributed by atoms with Gasteiger partial charge in [0.25, 0.3) is 0 Å². The molecule has 1 atom stereocenters. The van der Waals surface area contributed by atoms with Gasteiger partial charge in [0.15, 0.2) is 0 Å². The first kappa shape index (κ1) is 24.8. The van der Waals surface area contributed by atoms with Crippen LogP contribution < -0.4 is 24.8 Å². The zero-order valence-corrected chi connectivity index (χ0v) is 22.2. The quantitative estimate of drug-likeness (QED) is 0.401. The number of hydrogen-bond acceptors (Lipinski definition) is 1. The number of fused-ring (bicyclic) bond motifs is 3. The van der Waals surface area contributed by atoms with Crippen molar-refractivity contribution in [2.24, 2.45) is 0 Å². The first-order valence-corrected chi connectivity index (χ1v) is 14.7. The van der Waals surface area contributed by atoms with Crippen LogP contribution in [0.4, 0.5) is 0 Å². The van der Waals surface area contributed by atoms with Gasteiger partial charge in [0.1, 0.15) is 0 Å². The van der Waals surface area contributed by atoms with Crippen molar-refractivity contribution in [2.75, 3.05) is 6.61 Å². The first-order chi connectivity index (χ1) is 13.0. The molecule has 0 saturated heterocycles. The van der Waals surface area contributed by atoms with Gasteiger partial charge in [0, 0.05) is 0 Å². The molecular formula is C24H27Cl2OSiZr. The van der Waals surface area contributed by atoms with E-state index in [0.717, 1.165) is 25.9 Å². The van der Waals surface area contributed by atoms with Crippen molar-refractivity contribution in [2.45, 2.75) is 42.5 Å². The van der Waals surface area contributed by atoms with Gasteiger partial charge in [-0.15, -0.1) is 0 Å². The molecule has 0 fully saturated rings. The average molecular weight is 522 g/mol. The Morgan fingerprint density at radius 3 is 2.41 bits per heavy atom. The maximum atomic E-state index is 6.06. The van der Waals surface area contributed by atoms with Crippen LogP contribution >= 0.6 is 0 Å². The molecular weight excluding hydrogens is 494 g/mol. The smallest absolute Gasteiger partial charge is 1.00 e. The fourth-order valence-corrected chi connectivity index (χ4v) is 6.37. The van der Waals surface area contributed by atoms with Gasteiger partial charge in [0.05, 0.1) is 0 Å². The van der Waals surface area contributed by atoms with Crippen molar-refractivity contribution < 1.29 is 54.0 Å². The Balaban J connectivity index is 0.00000150. The molecule has 0 amide bonds. The van der Waals surface area contributed by atoms with Crippen molar-refractivity contribution in [3.63, 3.8) is 0 Å². The molecule has 0 aromatic heterocycles. The van der Waals surface area contributed by atoms with Crippen molar-refractivity contribution in [1.82, 2.24) is 0 Å². The maximum absolute atomic E-state index is 6.06. The van der Waals surface area contributed by atoms with E-state index in [4.69, 9.17) is 4.43 Å². The standard InChI is InChI=1S/C24H27OSi.2ClH.Zr/c1-26(2,3)25-16-8-11-18-10-6-13-20(18)22-14-7-15-23-21-12-5-4-9-19(21)17-24(22)23;;;/h4-7,9-10,12,14-15,17H,8,11,13,16H2,1-3H3;2*1H;/q;;;+2/p-2. The molecule has 2 aromatic rings. The molecule has 0 radical (unpaired) electrons. The van der Waals surface area contributed by atoms with Crippen LogP contribution in [0, 0.1) is 0 Å². The Kier molecular flexibility index (Phi) is 8.77. The summed E-state index contributed by atoms with van der Waals surface area (Å²) < 4.78 is 6.62. The minimum Gasteiger partial charge on any atom is -1.00 e. The summed E-state index contributed by atoms with van der Waals surface area (Å²) >= 11 is 1.58. The molecule has 2 aliphatic carbocycles. The minimum absolute atomic E-state index is 0. The van der Waals surface area contributed by atoms with Gasteiger partial charge in [-0.2, -0.15) is 0 Å². The Morgan fingerprint density at radius 2 is 1.66 bits per heavy atom. The van der Waals surface area contributed by atoms with E-state index in [9.17, 15) is 0 Å². The van der Waals surface area contributed by atoms with E-state index < -0.39 is 8.32 Å². The second-order valence-electron chi connectivity index (χ2n) is 8.46. The van der Waals surface area contributed by atoms with Crippen molar-refractivity contribution in [3.05, 3.63) is 76.9 Å². The molecule has 0 N–H and O–H groups in total. The molecule has 5 heteroatoms. The topological polar surface area (TPSA) is 9.23 Å². The molecule has 0 saturated carbocycles. The molecule has 0 spiro atoms. The molecule has 0 heterocycles. The van der Waals surface area contributed by atoms with Crippen LogP contribution in [0.5, 0.6) is 0 Å². The van der Waals surface area contributed by atoms with E-state index >= 15 is 0 Å². The SMILES string of the molecule is C[Si](C)(C)OCCCC1=C(c2cccc3c2[CH]([Zr+2])c2ccccc2-3)CC=C1.[Cl-].[Cl-].